The predicted molar refractivity (Wildman–Crippen MR) is 150 cm³/mol. The Bertz CT molecular complexity index is 1520. The second-order valence-corrected chi connectivity index (χ2v) is 9.94. The second kappa shape index (κ2) is 11.2. The number of hydrogen-bond donors (Lipinski definition) is 3. The monoisotopic (exact) mass is 547 g/mol. The molecule has 5 rings (SSSR count). The Morgan fingerprint density at radius 2 is 1.95 bits per heavy atom. The van der Waals surface area contributed by atoms with Crippen molar-refractivity contribution in [2.75, 3.05) is 17.2 Å². The number of phenols is 1. The number of carbonyl (C=O) groups is 1. The molecule has 1 aliphatic rings. The number of ether oxygens (including phenoxy) is 1. The first-order chi connectivity index (χ1) is 18.4. The number of thioether (sulfide) groups is 1. The molecule has 0 bridgehead atoms. The third-order valence-corrected chi connectivity index (χ3v) is 7.27. The molecule has 38 heavy (non-hydrogen) atoms. The van der Waals surface area contributed by atoms with Crippen LogP contribution in [0.2, 0.25) is 5.02 Å². The van der Waals surface area contributed by atoms with Gasteiger partial charge in [-0.15, -0.1) is 5.10 Å². The van der Waals surface area contributed by atoms with Gasteiger partial charge in [-0.25, -0.2) is 4.68 Å². The molecular formula is C28H26ClN5O3S. The van der Waals surface area contributed by atoms with E-state index in [1.165, 1.54) is 11.8 Å². The summed E-state index contributed by atoms with van der Waals surface area (Å²) in [6.45, 7) is 4.19. The number of para-hydroxylation sites is 2. The van der Waals surface area contributed by atoms with Crippen LogP contribution in [0.25, 0.3) is 0 Å². The van der Waals surface area contributed by atoms with E-state index in [1.54, 1.807) is 28.9 Å². The molecule has 2 heterocycles. The van der Waals surface area contributed by atoms with Crippen LogP contribution in [-0.2, 0) is 10.5 Å². The molecule has 8 nitrogen and oxygen atoms in total. The molecule has 4 aromatic rings. The second-order valence-electron chi connectivity index (χ2n) is 8.59. The molecule has 0 aliphatic carbocycles. The average molecular weight is 548 g/mol. The highest BCUT2D eigenvalue weighted by Crippen LogP contribution is 2.38. The van der Waals surface area contributed by atoms with E-state index < -0.39 is 6.04 Å². The number of aromatic hydroxyl groups is 1. The van der Waals surface area contributed by atoms with Gasteiger partial charge in [-0.2, -0.15) is 4.98 Å². The van der Waals surface area contributed by atoms with Crippen LogP contribution in [0.3, 0.4) is 0 Å². The number of hydrogen-bond acceptors (Lipinski definition) is 7. The number of nitrogens with zero attached hydrogens (tertiary/aromatic N) is 3. The Morgan fingerprint density at radius 1 is 1.16 bits per heavy atom. The minimum atomic E-state index is -0.625. The number of benzene rings is 3. The number of rotatable bonds is 8. The van der Waals surface area contributed by atoms with E-state index in [9.17, 15) is 9.90 Å². The molecule has 1 atom stereocenters. The number of anilines is 2. The molecule has 1 aromatic heterocycles. The predicted octanol–water partition coefficient (Wildman–Crippen LogP) is 6.26. The maximum Gasteiger partial charge on any atom is 0.255 e. The van der Waals surface area contributed by atoms with Gasteiger partial charge in [0.2, 0.25) is 11.1 Å². The Balaban J connectivity index is 1.50. The first-order valence-electron chi connectivity index (χ1n) is 12.1. The van der Waals surface area contributed by atoms with Gasteiger partial charge in [0.25, 0.3) is 5.91 Å². The van der Waals surface area contributed by atoms with Crippen LogP contribution in [0.4, 0.5) is 11.6 Å². The van der Waals surface area contributed by atoms with Gasteiger partial charge in [0.15, 0.2) is 0 Å². The van der Waals surface area contributed by atoms with E-state index in [0.717, 1.165) is 5.56 Å². The lowest BCUT2D eigenvalue weighted by atomic mass is 9.95. The molecule has 10 heteroatoms. The standard InChI is InChI=1S/C28H26ClN5O3S/c1-3-37-23-14-7-6-13-22(23)31-26(36)24-17(2)30-27-32-28(38-16-19-9-4-5-12-21(19)29)33-34(27)25(24)18-10-8-11-20(35)15-18/h4-15,25,35H,3,16H2,1-2H3,(H,31,36)(H,30,32,33). The zero-order valence-corrected chi connectivity index (χ0v) is 22.4. The number of phenolic OH excluding ortho intramolecular Hbond substituents is 1. The quantitative estimate of drug-likeness (QED) is 0.224. The average Bonchev–Trinajstić information content (AvgIpc) is 3.31. The lowest BCUT2D eigenvalue weighted by Crippen LogP contribution is -2.31. The molecular weight excluding hydrogens is 522 g/mol. The molecule has 1 amide bonds. The number of halogens is 1. The number of fused-ring (bicyclic) bond motifs is 1. The van der Waals surface area contributed by atoms with Crippen molar-refractivity contribution in [1.82, 2.24) is 14.8 Å². The molecule has 3 aromatic carbocycles. The van der Waals surface area contributed by atoms with Crippen LogP contribution < -0.4 is 15.4 Å². The van der Waals surface area contributed by atoms with Crippen molar-refractivity contribution in [3.63, 3.8) is 0 Å². The first-order valence-corrected chi connectivity index (χ1v) is 13.4. The molecule has 0 spiro atoms. The van der Waals surface area contributed by atoms with E-state index in [4.69, 9.17) is 21.4 Å². The van der Waals surface area contributed by atoms with Crippen molar-refractivity contribution in [2.45, 2.75) is 30.8 Å². The van der Waals surface area contributed by atoms with Crippen LogP contribution in [-0.4, -0.2) is 32.4 Å². The molecule has 0 saturated carbocycles. The van der Waals surface area contributed by atoms with Crippen LogP contribution >= 0.6 is 23.4 Å². The van der Waals surface area contributed by atoms with Crippen molar-refractivity contribution in [1.29, 1.82) is 0 Å². The minimum Gasteiger partial charge on any atom is -0.508 e. The number of nitrogens with one attached hydrogen (secondary N) is 2. The van der Waals surface area contributed by atoms with E-state index in [-0.39, 0.29) is 11.7 Å². The summed E-state index contributed by atoms with van der Waals surface area (Å²) in [6.07, 6.45) is 0. The van der Waals surface area contributed by atoms with Crippen molar-refractivity contribution >= 4 is 40.9 Å². The molecule has 0 saturated heterocycles. The van der Waals surface area contributed by atoms with Gasteiger partial charge in [0.05, 0.1) is 17.9 Å². The van der Waals surface area contributed by atoms with Gasteiger partial charge >= 0.3 is 0 Å². The Kier molecular flexibility index (Phi) is 7.57. The van der Waals surface area contributed by atoms with Crippen LogP contribution in [0, 0.1) is 0 Å². The molecule has 194 valence electrons. The number of aromatic nitrogens is 3. The fraction of sp³-hybridized carbons (Fsp3) is 0.179. The highest BCUT2D eigenvalue weighted by molar-refractivity contribution is 7.98. The molecule has 1 unspecified atom stereocenters. The van der Waals surface area contributed by atoms with E-state index in [1.807, 2.05) is 62.4 Å². The highest BCUT2D eigenvalue weighted by Gasteiger charge is 2.35. The molecule has 0 radical (unpaired) electrons. The lowest BCUT2D eigenvalue weighted by molar-refractivity contribution is -0.113. The van der Waals surface area contributed by atoms with Crippen molar-refractivity contribution in [3.05, 3.63) is 100 Å². The van der Waals surface area contributed by atoms with Crippen molar-refractivity contribution < 1.29 is 14.6 Å². The van der Waals surface area contributed by atoms with Crippen LogP contribution in [0.15, 0.2) is 89.2 Å². The fourth-order valence-corrected chi connectivity index (χ4v) is 5.40. The number of amides is 1. The third-order valence-electron chi connectivity index (χ3n) is 6.01. The maximum atomic E-state index is 13.8. The van der Waals surface area contributed by atoms with Gasteiger partial charge in [0.1, 0.15) is 17.5 Å². The van der Waals surface area contributed by atoms with Gasteiger partial charge in [0, 0.05) is 16.5 Å². The normalized spacial score (nSPS) is 14.6. The summed E-state index contributed by atoms with van der Waals surface area (Å²) >= 11 is 7.77. The zero-order valence-electron chi connectivity index (χ0n) is 20.8. The molecule has 0 fully saturated rings. The number of carbonyl (C=O) groups excluding carboxylic acids is 1. The smallest absolute Gasteiger partial charge is 0.255 e. The highest BCUT2D eigenvalue weighted by atomic mass is 35.5. The van der Waals surface area contributed by atoms with E-state index >= 15 is 0 Å². The maximum absolute atomic E-state index is 13.8. The summed E-state index contributed by atoms with van der Waals surface area (Å²) in [5.41, 5.74) is 3.32. The van der Waals surface area contributed by atoms with Crippen LogP contribution in [0.5, 0.6) is 11.5 Å². The first kappa shape index (κ1) is 25.7. The van der Waals surface area contributed by atoms with E-state index in [2.05, 4.69) is 15.6 Å². The van der Waals surface area contributed by atoms with E-state index in [0.29, 0.717) is 56.8 Å². The Labute approximate surface area is 229 Å². The molecule has 3 N–H and O–H groups in total. The lowest BCUT2D eigenvalue weighted by Gasteiger charge is -2.29. The van der Waals surface area contributed by atoms with Crippen molar-refractivity contribution in [2.24, 2.45) is 0 Å². The van der Waals surface area contributed by atoms with Gasteiger partial charge < -0.3 is 20.5 Å². The van der Waals surface area contributed by atoms with Gasteiger partial charge in [-0.3, -0.25) is 4.79 Å². The summed E-state index contributed by atoms with van der Waals surface area (Å²) in [7, 11) is 0. The van der Waals surface area contributed by atoms with Crippen molar-refractivity contribution in [3.8, 4) is 11.5 Å². The van der Waals surface area contributed by atoms with Gasteiger partial charge in [-0.05, 0) is 55.3 Å². The molecule has 1 aliphatic heterocycles. The summed E-state index contributed by atoms with van der Waals surface area (Å²) in [6, 6.07) is 21.1. The SMILES string of the molecule is CCOc1ccccc1NC(=O)C1=C(C)Nc2nc(SCc3ccccc3Cl)nn2C1c1cccc(O)c1. The summed E-state index contributed by atoms with van der Waals surface area (Å²) in [5.74, 6) is 1.45. The zero-order chi connectivity index (χ0) is 26.6. The van der Waals surface area contributed by atoms with Crippen LogP contribution in [0.1, 0.15) is 31.0 Å². The summed E-state index contributed by atoms with van der Waals surface area (Å²) in [4.78, 5) is 18.4. The Hall–Kier alpha value is -3.95. The largest absolute Gasteiger partial charge is 0.508 e. The van der Waals surface area contributed by atoms with Gasteiger partial charge in [-0.1, -0.05) is 65.8 Å². The number of allylic oxidation sites excluding steroid dienone is 1. The fourth-order valence-electron chi connectivity index (χ4n) is 4.29. The topological polar surface area (TPSA) is 101 Å². The summed E-state index contributed by atoms with van der Waals surface area (Å²) in [5, 5.41) is 22.4. The summed E-state index contributed by atoms with van der Waals surface area (Å²) < 4.78 is 7.37. The minimum absolute atomic E-state index is 0.0927. The third kappa shape index (κ3) is 5.34. The Morgan fingerprint density at radius 3 is 2.74 bits per heavy atom.